The molecule has 0 atom stereocenters. The number of halogens is 1. The number of benzene rings is 1. The molecule has 0 aliphatic carbocycles. The molecule has 19 heavy (non-hydrogen) atoms. The number of hydrogen-bond donors (Lipinski definition) is 3. The average Bonchev–Trinajstić information content (AvgIpc) is 2.40. The molecular weight excluding hydrogens is 316 g/mol. The highest BCUT2D eigenvalue weighted by Crippen LogP contribution is 2.14. The molecule has 6 nitrogen and oxygen atoms in total. The van der Waals surface area contributed by atoms with Gasteiger partial charge in [0.2, 0.25) is 0 Å². The van der Waals surface area contributed by atoms with E-state index in [9.17, 15) is 9.59 Å². The summed E-state index contributed by atoms with van der Waals surface area (Å²) < 4.78 is 0.860. The molecule has 104 valence electrons. The first-order valence-corrected chi connectivity index (χ1v) is 6.45. The van der Waals surface area contributed by atoms with Crippen molar-refractivity contribution in [2.45, 2.75) is 0 Å². The standard InChI is InChI=1S/C12H15BrN2O4/c13-9-1-3-10(4-2-9)14-11(18)12(19)15(5-7-16)6-8-17/h1-4,16-17H,5-8H2,(H,14,18). The average molecular weight is 331 g/mol. The zero-order valence-electron chi connectivity index (χ0n) is 10.2. The highest BCUT2D eigenvalue weighted by molar-refractivity contribution is 9.10. The summed E-state index contributed by atoms with van der Waals surface area (Å²) in [6.07, 6.45) is 0. The van der Waals surface area contributed by atoms with Gasteiger partial charge in [-0.1, -0.05) is 15.9 Å². The van der Waals surface area contributed by atoms with E-state index in [1.165, 1.54) is 0 Å². The molecule has 2 amide bonds. The van der Waals surface area contributed by atoms with Gasteiger partial charge in [0.25, 0.3) is 0 Å². The second-order valence-electron chi connectivity index (χ2n) is 3.70. The molecule has 0 heterocycles. The maximum absolute atomic E-state index is 11.8. The van der Waals surface area contributed by atoms with Crippen LogP contribution in [0.3, 0.4) is 0 Å². The summed E-state index contributed by atoms with van der Waals surface area (Å²) in [4.78, 5) is 24.6. The van der Waals surface area contributed by atoms with Gasteiger partial charge in [0.15, 0.2) is 0 Å². The Morgan fingerprint density at radius 2 is 1.63 bits per heavy atom. The zero-order valence-corrected chi connectivity index (χ0v) is 11.8. The minimum atomic E-state index is -0.802. The first-order chi connectivity index (χ1) is 9.08. The van der Waals surface area contributed by atoms with Crippen molar-refractivity contribution in [3.63, 3.8) is 0 Å². The summed E-state index contributed by atoms with van der Waals surface area (Å²) in [5, 5.41) is 20.1. The lowest BCUT2D eigenvalue weighted by atomic mass is 10.3. The normalized spacial score (nSPS) is 10.1. The van der Waals surface area contributed by atoms with E-state index >= 15 is 0 Å². The molecule has 1 aromatic carbocycles. The van der Waals surface area contributed by atoms with Gasteiger partial charge in [-0.3, -0.25) is 9.59 Å². The number of aliphatic hydroxyl groups is 2. The van der Waals surface area contributed by atoms with Crippen LogP contribution in [0.4, 0.5) is 5.69 Å². The first-order valence-electron chi connectivity index (χ1n) is 5.66. The molecule has 3 N–H and O–H groups in total. The molecular formula is C12H15BrN2O4. The quantitative estimate of drug-likeness (QED) is 0.673. The van der Waals surface area contributed by atoms with Crippen molar-refractivity contribution in [3.05, 3.63) is 28.7 Å². The number of aliphatic hydroxyl groups excluding tert-OH is 2. The van der Waals surface area contributed by atoms with Crippen LogP contribution in [-0.2, 0) is 9.59 Å². The summed E-state index contributed by atoms with van der Waals surface area (Å²) in [7, 11) is 0. The molecule has 1 aromatic rings. The Morgan fingerprint density at radius 1 is 1.11 bits per heavy atom. The monoisotopic (exact) mass is 330 g/mol. The van der Waals surface area contributed by atoms with Gasteiger partial charge in [0.1, 0.15) is 0 Å². The Hall–Kier alpha value is -1.44. The van der Waals surface area contributed by atoms with Crippen LogP contribution in [0.5, 0.6) is 0 Å². The largest absolute Gasteiger partial charge is 0.395 e. The van der Waals surface area contributed by atoms with Gasteiger partial charge >= 0.3 is 11.8 Å². The van der Waals surface area contributed by atoms with E-state index in [-0.39, 0.29) is 26.3 Å². The van der Waals surface area contributed by atoms with E-state index in [0.29, 0.717) is 5.69 Å². The fraction of sp³-hybridized carbons (Fsp3) is 0.333. The molecule has 0 bridgehead atoms. The van der Waals surface area contributed by atoms with Gasteiger partial charge in [0, 0.05) is 23.2 Å². The molecule has 0 fully saturated rings. The predicted molar refractivity (Wildman–Crippen MR) is 73.5 cm³/mol. The molecule has 1 rings (SSSR count). The molecule has 0 radical (unpaired) electrons. The van der Waals surface area contributed by atoms with Gasteiger partial charge < -0.3 is 20.4 Å². The smallest absolute Gasteiger partial charge is 0.313 e. The topological polar surface area (TPSA) is 89.9 Å². The SMILES string of the molecule is O=C(Nc1ccc(Br)cc1)C(=O)N(CCO)CCO. The van der Waals surface area contributed by atoms with E-state index < -0.39 is 11.8 Å². The number of nitrogens with one attached hydrogen (secondary N) is 1. The molecule has 0 saturated heterocycles. The van der Waals surface area contributed by atoms with Gasteiger partial charge in [-0.15, -0.1) is 0 Å². The zero-order chi connectivity index (χ0) is 14.3. The van der Waals surface area contributed by atoms with Crippen molar-refractivity contribution in [2.75, 3.05) is 31.6 Å². The fourth-order valence-electron chi connectivity index (χ4n) is 1.42. The van der Waals surface area contributed by atoms with Crippen LogP contribution in [0.15, 0.2) is 28.7 Å². The summed E-state index contributed by atoms with van der Waals surface area (Å²) in [5.74, 6) is -1.59. The second kappa shape index (κ2) is 7.88. The summed E-state index contributed by atoms with van der Waals surface area (Å²) in [6, 6.07) is 6.77. The molecule has 7 heteroatoms. The summed E-state index contributed by atoms with van der Waals surface area (Å²) >= 11 is 3.26. The Labute approximate surface area is 119 Å². The Morgan fingerprint density at radius 3 is 2.11 bits per heavy atom. The summed E-state index contributed by atoms with van der Waals surface area (Å²) in [6.45, 7) is -0.519. The number of amides is 2. The van der Waals surface area contributed by atoms with E-state index in [4.69, 9.17) is 10.2 Å². The van der Waals surface area contributed by atoms with Gasteiger partial charge in [-0.2, -0.15) is 0 Å². The maximum Gasteiger partial charge on any atom is 0.313 e. The first kappa shape index (κ1) is 15.6. The summed E-state index contributed by atoms with van der Waals surface area (Å²) in [5.41, 5.74) is 0.495. The third-order valence-corrected chi connectivity index (χ3v) is 2.85. The third-order valence-electron chi connectivity index (χ3n) is 2.32. The van der Waals surface area contributed by atoms with Crippen molar-refractivity contribution < 1.29 is 19.8 Å². The highest BCUT2D eigenvalue weighted by Gasteiger charge is 2.20. The van der Waals surface area contributed by atoms with Crippen LogP contribution in [0.1, 0.15) is 0 Å². The number of anilines is 1. The Kier molecular flexibility index (Phi) is 6.48. The van der Waals surface area contributed by atoms with Crippen molar-refractivity contribution >= 4 is 33.4 Å². The van der Waals surface area contributed by atoms with Crippen LogP contribution >= 0.6 is 15.9 Å². The van der Waals surface area contributed by atoms with Crippen LogP contribution in [0.25, 0.3) is 0 Å². The molecule has 0 aliphatic heterocycles. The lowest BCUT2D eigenvalue weighted by molar-refractivity contribution is -0.143. The number of carbonyl (C=O) groups is 2. The molecule has 0 spiro atoms. The van der Waals surface area contributed by atoms with E-state index in [0.717, 1.165) is 9.37 Å². The van der Waals surface area contributed by atoms with Crippen molar-refractivity contribution in [1.29, 1.82) is 0 Å². The van der Waals surface area contributed by atoms with Crippen molar-refractivity contribution in [1.82, 2.24) is 4.90 Å². The van der Waals surface area contributed by atoms with Crippen molar-refractivity contribution in [3.8, 4) is 0 Å². The van der Waals surface area contributed by atoms with Crippen molar-refractivity contribution in [2.24, 2.45) is 0 Å². The predicted octanol–water partition coefficient (Wildman–Crippen LogP) is 0.201. The minimum absolute atomic E-state index is 0.00709. The lowest BCUT2D eigenvalue weighted by Gasteiger charge is -2.19. The van der Waals surface area contributed by atoms with Crippen LogP contribution in [-0.4, -0.2) is 53.2 Å². The number of rotatable bonds is 5. The molecule has 0 aliphatic rings. The van der Waals surface area contributed by atoms with E-state index in [1.54, 1.807) is 24.3 Å². The minimum Gasteiger partial charge on any atom is -0.395 e. The van der Waals surface area contributed by atoms with Gasteiger partial charge in [-0.05, 0) is 24.3 Å². The Balaban J connectivity index is 2.65. The van der Waals surface area contributed by atoms with E-state index in [1.807, 2.05) is 0 Å². The fourth-order valence-corrected chi connectivity index (χ4v) is 1.68. The molecule has 0 aromatic heterocycles. The number of nitrogens with zero attached hydrogens (tertiary/aromatic N) is 1. The number of hydrogen-bond acceptors (Lipinski definition) is 4. The third kappa shape index (κ3) is 4.98. The maximum atomic E-state index is 11.8. The molecule has 0 saturated carbocycles. The van der Waals surface area contributed by atoms with E-state index in [2.05, 4.69) is 21.2 Å². The Bertz CT molecular complexity index is 430. The van der Waals surface area contributed by atoms with Gasteiger partial charge in [-0.25, -0.2) is 0 Å². The van der Waals surface area contributed by atoms with Crippen LogP contribution in [0, 0.1) is 0 Å². The molecule has 0 unspecified atom stereocenters. The lowest BCUT2D eigenvalue weighted by Crippen LogP contribution is -2.42. The highest BCUT2D eigenvalue weighted by atomic mass is 79.9. The van der Waals surface area contributed by atoms with Gasteiger partial charge in [0.05, 0.1) is 13.2 Å². The van der Waals surface area contributed by atoms with Crippen LogP contribution in [0.2, 0.25) is 0 Å². The second-order valence-corrected chi connectivity index (χ2v) is 4.62. The van der Waals surface area contributed by atoms with Crippen LogP contribution < -0.4 is 5.32 Å². The number of carbonyl (C=O) groups excluding carboxylic acids is 2.